The van der Waals surface area contributed by atoms with Crippen LogP contribution in [0.1, 0.15) is 85.0 Å². The van der Waals surface area contributed by atoms with Crippen LogP contribution in [-0.2, 0) is 4.79 Å². The Balaban J connectivity index is 1.62. The molecule has 4 saturated carbocycles. The molecule has 0 saturated heterocycles. The highest BCUT2D eigenvalue weighted by Gasteiger charge is 2.62. The van der Waals surface area contributed by atoms with Crippen LogP contribution in [0.25, 0.3) is 0 Å². The minimum atomic E-state index is -0.741. The van der Waals surface area contributed by atoms with Crippen molar-refractivity contribution in [3.63, 3.8) is 0 Å². The summed E-state index contributed by atoms with van der Waals surface area (Å²) in [6.07, 6.45) is 8.73. The van der Waals surface area contributed by atoms with Crippen molar-refractivity contribution in [2.24, 2.45) is 34.5 Å². The minimum absolute atomic E-state index is 0.133. The predicted molar refractivity (Wildman–Crippen MR) is 109 cm³/mol. The van der Waals surface area contributed by atoms with Gasteiger partial charge in [-0.2, -0.15) is 0 Å². The molecule has 0 heterocycles. The molecule has 0 spiro atoms. The van der Waals surface area contributed by atoms with E-state index in [-0.39, 0.29) is 29.5 Å². The van der Waals surface area contributed by atoms with Gasteiger partial charge in [-0.15, -0.1) is 0 Å². The lowest BCUT2D eigenvalue weighted by Gasteiger charge is -2.61. The second-order valence-electron chi connectivity index (χ2n) is 10.8. The van der Waals surface area contributed by atoms with Crippen LogP contribution < -0.4 is 0 Å². The van der Waals surface area contributed by atoms with Crippen molar-refractivity contribution in [2.75, 3.05) is 0 Å². The highest BCUT2D eigenvalue weighted by molar-refractivity contribution is 5.67. The third kappa shape index (κ3) is 2.98. The minimum Gasteiger partial charge on any atom is -0.481 e. The van der Waals surface area contributed by atoms with Crippen molar-refractivity contribution < 1.29 is 20.1 Å². The van der Waals surface area contributed by atoms with E-state index in [0.29, 0.717) is 30.1 Å². The van der Waals surface area contributed by atoms with Gasteiger partial charge in [0.15, 0.2) is 0 Å². The first-order valence-corrected chi connectivity index (χ1v) is 11.4. The molecule has 158 valence electrons. The average Bonchev–Trinajstić information content (AvgIpc) is 3.00. The summed E-state index contributed by atoms with van der Waals surface area (Å²) in [5.74, 6) is 1.60. The number of carbonyl (C=O) groups is 1. The summed E-state index contributed by atoms with van der Waals surface area (Å²) in [5.41, 5.74) is 2.64. The Morgan fingerprint density at radius 3 is 2.50 bits per heavy atom. The SMILES string of the molecule is C/C(CCC(=O)O)=C1/CC[C@H]2[C@@H]3CC[C@@H]4C[C@H](O)CC[C@]4(C)[C@H]3C[C@H](O)[C@]12C. The molecule has 0 aliphatic heterocycles. The number of hydrogen-bond acceptors (Lipinski definition) is 3. The lowest BCUT2D eigenvalue weighted by molar-refractivity contribution is -0.153. The Labute approximate surface area is 169 Å². The molecule has 0 aromatic heterocycles. The second-order valence-corrected chi connectivity index (χ2v) is 10.8. The molecular weight excluding hydrogens is 352 g/mol. The third-order valence-electron chi connectivity index (χ3n) is 9.76. The van der Waals surface area contributed by atoms with Gasteiger partial charge >= 0.3 is 5.97 Å². The standard InChI is InChI=1S/C24H38O4/c1-14(4-9-22(27)28)18-7-8-19-17-6-5-15-12-16(25)10-11-23(15,2)20(17)13-21(26)24(18,19)3/h15-17,19-21,25-26H,4-13H2,1-3H3,(H,27,28)/b18-14+/t15-,16-,17+,19+,20+,21+,23+,24-/m1/s1. The topological polar surface area (TPSA) is 77.8 Å². The average molecular weight is 391 g/mol. The summed E-state index contributed by atoms with van der Waals surface area (Å²) >= 11 is 0. The zero-order chi connectivity index (χ0) is 20.3. The molecule has 28 heavy (non-hydrogen) atoms. The van der Waals surface area contributed by atoms with Crippen LogP contribution in [-0.4, -0.2) is 33.5 Å². The van der Waals surface area contributed by atoms with E-state index in [4.69, 9.17) is 5.11 Å². The molecule has 4 aliphatic rings. The van der Waals surface area contributed by atoms with E-state index in [9.17, 15) is 15.0 Å². The third-order valence-corrected chi connectivity index (χ3v) is 9.76. The molecule has 4 rings (SSSR count). The number of allylic oxidation sites excluding steroid dienone is 1. The van der Waals surface area contributed by atoms with E-state index in [2.05, 4.69) is 20.8 Å². The van der Waals surface area contributed by atoms with Gasteiger partial charge in [0.05, 0.1) is 12.2 Å². The van der Waals surface area contributed by atoms with E-state index >= 15 is 0 Å². The smallest absolute Gasteiger partial charge is 0.303 e. The lowest BCUT2D eigenvalue weighted by atomic mass is 9.44. The Hall–Kier alpha value is -0.870. The fraction of sp³-hybridized carbons (Fsp3) is 0.875. The van der Waals surface area contributed by atoms with E-state index in [1.54, 1.807) is 0 Å². The van der Waals surface area contributed by atoms with Crippen LogP contribution in [0.3, 0.4) is 0 Å². The maximum atomic E-state index is 11.4. The van der Waals surface area contributed by atoms with E-state index < -0.39 is 5.97 Å². The summed E-state index contributed by atoms with van der Waals surface area (Å²) < 4.78 is 0. The monoisotopic (exact) mass is 390 g/mol. The van der Waals surface area contributed by atoms with E-state index in [1.807, 2.05) is 0 Å². The van der Waals surface area contributed by atoms with Gasteiger partial charge in [0.25, 0.3) is 0 Å². The molecular formula is C24H38O4. The van der Waals surface area contributed by atoms with Crippen molar-refractivity contribution in [3.05, 3.63) is 11.1 Å². The van der Waals surface area contributed by atoms with Gasteiger partial charge < -0.3 is 15.3 Å². The highest BCUT2D eigenvalue weighted by atomic mass is 16.4. The van der Waals surface area contributed by atoms with Gasteiger partial charge in [0.1, 0.15) is 0 Å². The van der Waals surface area contributed by atoms with Crippen molar-refractivity contribution >= 4 is 5.97 Å². The molecule has 0 radical (unpaired) electrons. The maximum Gasteiger partial charge on any atom is 0.303 e. The molecule has 4 aliphatic carbocycles. The summed E-state index contributed by atoms with van der Waals surface area (Å²) in [6.45, 7) is 6.80. The Bertz CT molecular complexity index is 670. The molecule has 0 unspecified atom stereocenters. The molecule has 8 atom stereocenters. The maximum absolute atomic E-state index is 11.4. The van der Waals surface area contributed by atoms with E-state index in [0.717, 1.165) is 38.5 Å². The molecule has 0 amide bonds. The normalized spacial score (nSPS) is 49.8. The van der Waals surface area contributed by atoms with Crippen molar-refractivity contribution in [1.29, 1.82) is 0 Å². The zero-order valence-electron chi connectivity index (χ0n) is 17.8. The number of carboxylic acid groups (broad SMARTS) is 1. The van der Waals surface area contributed by atoms with Gasteiger partial charge in [0, 0.05) is 11.8 Å². The number of hydrogen-bond donors (Lipinski definition) is 3. The molecule has 3 N–H and O–H groups in total. The Morgan fingerprint density at radius 1 is 1.04 bits per heavy atom. The first-order valence-electron chi connectivity index (χ1n) is 11.4. The van der Waals surface area contributed by atoms with Gasteiger partial charge in [-0.25, -0.2) is 0 Å². The number of aliphatic hydroxyl groups excluding tert-OH is 2. The molecule has 0 aromatic carbocycles. The molecule has 0 bridgehead atoms. The van der Waals surface area contributed by atoms with Crippen LogP contribution in [0.2, 0.25) is 0 Å². The Kier molecular flexibility index (Phi) is 5.19. The van der Waals surface area contributed by atoms with Crippen LogP contribution >= 0.6 is 0 Å². The number of fused-ring (bicyclic) bond motifs is 5. The molecule has 4 nitrogen and oxygen atoms in total. The molecule has 0 aromatic rings. The Morgan fingerprint density at radius 2 is 1.79 bits per heavy atom. The quantitative estimate of drug-likeness (QED) is 0.618. The first-order chi connectivity index (χ1) is 13.2. The number of rotatable bonds is 3. The van der Waals surface area contributed by atoms with Crippen LogP contribution in [0.5, 0.6) is 0 Å². The molecule has 4 fully saturated rings. The first kappa shape index (κ1) is 20.4. The van der Waals surface area contributed by atoms with Crippen molar-refractivity contribution in [3.8, 4) is 0 Å². The zero-order valence-corrected chi connectivity index (χ0v) is 17.8. The van der Waals surface area contributed by atoms with Gasteiger partial charge in [-0.1, -0.05) is 25.0 Å². The van der Waals surface area contributed by atoms with Crippen molar-refractivity contribution in [2.45, 2.75) is 97.2 Å². The van der Waals surface area contributed by atoms with Gasteiger partial charge in [0.2, 0.25) is 0 Å². The summed E-state index contributed by atoms with van der Waals surface area (Å²) in [4.78, 5) is 11.0. The fourth-order valence-electron chi connectivity index (χ4n) is 8.15. The van der Waals surface area contributed by atoms with Crippen molar-refractivity contribution in [1.82, 2.24) is 0 Å². The van der Waals surface area contributed by atoms with Crippen LogP contribution in [0.15, 0.2) is 11.1 Å². The van der Waals surface area contributed by atoms with E-state index in [1.165, 1.54) is 24.0 Å². The van der Waals surface area contributed by atoms with Gasteiger partial charge in [-0.05, 0) is 93.8 Å². The van der Waals surface area contributed by atoms with Gasteiger partial charge in [-0.3, -0.25) is 4.79 Å². The lowest BCUT2D eigenvalue weighted by Crippen LogP contribution is -2.57. The second kappa shape index (κ2) is 7.12. The highest BCUT2D eigenvalue weighted by Crippen LogP contribution is 2.67. The summed E-state index contributed by atoms with van der Waals surface area (Å²) in [5, 5.41) is 30.7. The predicted octanol–water partition coefficient (Wildman–Crippen LogP) is 4.54. The largest absolute Gasteiger partial charge is 0.481 e. The fourth-order valence-corrected chi connectivity index (χ4v) is 8.15. The number of aliphatic hydroxyl groups is 2. The number of aliphatic carboxylic acids is 1. The summed E-state index contributed by atoms with van der Waals surface area (Å²) in [7, 11) is 0. The summed E-state index contributed by atoms with van der Waals surface area (Å²) in [6, 6.07) is 0. The van der Waals surface area contributed by atoms with Crippen LogP contribution in [0, 0.1) is 34.5 Å². The van der Waals surface area contributed by atoms with Crippen LogP contribution in [0.4, 0.5) is 0 Å². The molecule has 4 heteroatoms. The number of carboxylic acids is 1.